The van der Waals surface area contributed by atoms with Gasteiger partial charge in [0, 0.05) is 30.2 Å². The van der Waals surface area contributed by atoms with E-state index >= 15 is 0 Å². The molecular weight excluding hydrogens is 363 g/mol. The third-order valence-corrected chi connectivity index (χ3v) is 3.60. The monoisotopic (exact) mass is 377 g/mol. The molecule has 0 aliphatic rings. The average Bonchev–Trinajstić information content (AvgIpc) is 3.24. The van der Waals surface area contributed by atoms with E-state index in [4.69, 9.17) is 4.52 Å². The highest BCUT2D eigenvalue weighted by Crippen LogP contribution is 2.31. The molecule has 1 N–H and O–H groups in total. The zero-order chi connectivity index (χ0) is 19.6. The second-order valence-corrected chi connectivity index (χ2v) is 5.77. The number of nitrogens with one attached hydrogen (secondary N) is 1. The van der Waals surface area contributed by atoms with Crippen molar-refractivity contribution in [1.82, 2.24) is 19.9 Å². The molecule has 0 unspecified atom stereocenters. The maximum atomic E-state index is 13.0. The van der Waals surface area contributed by atoms with Crippen LogP contribution >= 0.6 is 0 Å². The van der Waals surface area contributed by atoms with E-state index in [0.717, 1.165) is 18.5 Å². The van der Waals surface area contributed by atoms with E-state index in [1.54, 1.807) is 6.92 Å². The van der Waals surface area contributed by atoms with Crippen molar-refractivity contribution in [3.8, 4) is 0 Å². The van der Waals surface area contributed by atoms with Gasteiger partial charge in [-0.1, -0.05) is 11.7 Å². The third-order valence-electron chi connectivity index (χ3n) is 3.60. The maximum Gasteiger partial charge on any atom is 0.416 e. The number of aromatic nitrogens is 4. The van der Waals surface area contributed by atoms with E-state index in [1.807, 2.05) is 0 Å². The van der Waals surface area contributed by atoms with Crippen molar-refractivity contribution in [2.24, 2.45) is 0 Å². The lowest BCUT2D eigenvalue weighted by Gasteiger charge is -2.11. The fourth-order valence-electron chi connectivity index (χ4n) is 2.30. The maximum absolute atomic E-state index is 13.0. The standard InChI is InChI=1S/C17H14F3N5O2/c1-10(2)15-5-14(24-27-15)16(26)23-12-7-22-25(9-12)8-11-6-21-4-3-13(11)17(18,19)20/h3-7,9H,1,8H2,2H3,(H,23,26). The number of nitrogens with zero attached hydrogens (tertiary/aromatic N) is 4. The Kier molecular flexibility index (Phi) is 4.80. The number of amides is 1. The molecule has 0 saturated heterocycles. The molecule has 3 heterocycles. The van der Waals surface area contributed by atoms with Crippen LogP contribution in [0.5, 0.6) is 0 Å². The molecule has 0 atom stereocenters. The van der Waals surface area contributed by atoms with Crippen molar-refractivity contribution in [2.75, 3.05) is 5.32 Å². The SMILES string of the molecule is C=C(C)c1cc(C(=O)Nc2cnn(Cc3cnccc3C(F)(F)F)c2)no1. The molecule has 0 aromatic carbocycles. The molecule has 3 aromatic rings. The first-order valence-corrected chi connectivity index (χ1v) is 7.70. The minimum atomic E-state index is -4.49. The molecule has 3 rings (SSSR count). The van der Waals surface area contributed by atoms with Crippen molar-refractivity contribution in [1.29, 1.82) is 0 Å². The van der Waals surface area contributed by atoms with Crippen LogP contribution in [0, 0.1) is 0 Å². The predicted molar refractivity (Wildman–Crippen MR) is 89.7 cm³/mol. The van der Waals surface area contributed by atoms with Gasteiger partial charge in [-0.15, -0.1) is 0 Å². The van der Waals surface area contributed by atoms with E-state index in [-0.39, 0.29) is 17.8 Å². The number of hydrogen-bond acceptors (Lipinski definition) is 5. The van der Waals surface area contributed by atoms with Crippen LogP contribution < -0.4 is 5.32 Å². The Morgan fingerprint density at radius 3 is 2.81 bits per heavy atom. The minimum Gasteiger partial charge on any atom is -0.356 e. The Morgan fingerprint density at radius 1 is 1.37 bits per heavy atom. The fraction of sp³-hybridized carbons (Fsp3) is 0.176. The molecule has 0 aliphatic heterocycles. The Labute approximate surface area is 151 Å². The number of halogens is 3. The topological polar surface area (TPSA) is 85.8 Å². The van der Waals surface area contributed by atoms with Crippen molar-refractivity contribution < 1.29 is 22.5 Å². The highest BCUT2D eigenvalue weighted by Gasteiger charge is 2.33. The van der Waals surface area contributed by atoms with Crippen LogP contribution in [0.25, 0.3) is 5.57 Å². The number of alkyl halides is 3. The van der Waals surface area contributed by atoms with Crippen molar-refractivity contribution in [3.05, 3.63) is 66.1 Å². The lowest BCUT2D eigenvalue weighted by Crippen LogP contribution is -2.13. The summed E-state index contributed by atoms with van der Waals surface area (Å²) >= 11 is 0. The molecule has 0 spiro atoms. The second kappa shape index (κ2) is 7.06. The molecule has 3 aromatic heterocycles. The summed E-state index contributed by atoms with van der Waals surface area (Å²) in [6, 6.07) is 2.35. The number of allylic oxidation sites excluding steroid dienone is 1. The zero-order valence-corrected chi connectivity index (χ0v) is 14.1. The Hall–Kier alpha value is -3.43. The van der Waals surface area contributed by atoms with Gasteiger partial charge in [-0.05, 0) is 18.6 Å². The summed E-state index contributed by atoms with van der Waals surface area (Å²) in [5.41, 5.74) is 0.151. The van der Waals surface area contributed by atoms with Crippen LogP contribution in [0.3, 0.4) is 0 Å². The third kappa shape index (κ3) is 4.22. The van der Waals surface area contributed by atoms with Crippen molar-refractivity contribution in [3.63, 3.8) is 0 Å². The summed E-state index contributed by atoms with van der Waals surface area (Å²) in [4.78, 5) is 15.9. The molecule has 0 radical (unpaired) electrons. The molecule has 27 heavy (non-hydrogen) atoms. The highest BCUT2D eigenvalue weighted by atomic mass is 19.4. The molecule has 140 valence electrons. The van der Waals surface area contributed by atoms with Gasteiger partial charge >= 0.3 is 6.18 Å². The number of pyridine rings is 1. The average molecular weight is 377 g/mol. The molecule has 0 saturated carbocycles. The van der Waals surface area contributed by atoms with Gasteiger partial charge in [0.05, 0.1) is 24.0 Å². The van der Waals surface area contributed by atoms with Gasteiger partial charge in [0.1, 0.15) is 0 Å². The van der Waals surface area contributed by atoms with Crippen molar-refractivity contribution >= 4 is 17.2 Å². The lowest BCUT2D eigenvalue weighted by molar-refractivity contribution is -0.138. The van der Waals surface area contributed by atoms with E-state index in [0.29, 0.717) is 17.0 Å². The highest BCUT2D eigenvalue weighted by molar-refractivity contribution is 6.02. The van der Waals surface area contributed by atoms with Crippen LogP contribution in [0.1, 0.15) is 34.3 Å². The predicted octanol–water partition coefficient (Wildman–Crippen LogP) is 3.62. The zero-order valence-electron chi connectivity index (χ0n) is 14.1. The summed E-state index contributed by atoms with van der Waals surface area (Å²) in [6.45, 7) is 5.24. The van der Waals surface area contributed by atoms with Gasteiger partial charge in [-0.2, -0.15) is 18.3 Å². The second-order valence-electron chi connectivity index (χ2n) is 5.77. The van der Waals surface area contributed by atoms with E-state index in [9.17, 15) is 18.0 Å². The first kappa shape index (κ1) is 18.4. The van der Waals surface area contributed by atoms with Gasteiger partial charge in [0.15, 0.2) is 11.5 Å². The Balaban J connectivity index is 1.72. The van der Waals surface area contributed by atoms with Gasteiger partial charge in [0.2, 0.25) is 0 Å². The van der Waals surface area contributed by atoms with E-state index < -0.39 is 17.6 Å². The van der Waals surface area contributed by atoms with Gasteiger partial charge < -0.3 is 9.84 Å². The van der Waals surface area contributed by atoms with Crippen LogP contribution in [0.4, 0.5) is 18.9 Å². The number of carbonyl (C=O) groups is 1. The number of carbonyl (C=O) groups excluding carboxylic acids is 1. The largest absolute Gasteiger partial charge is 0.416 e. The molecule has 10 heteroatoms. The lowest BCUT2D eigenvalue weighted by atomic mass is 10.1. The normalized spacial score (nSPS) is 11.4. The molecule has 1 amide bonds. The summed E-state index contributed by atoms with van der Waals surface area (Å²) in [5, 5.41) is 10.2. The van der Waals surface area contributed by atoms with Crippen LogP contribution in [-0.4, -0.2) is 25.8 Å². The minimum absolute atomic E-state index is 0.0337. The first-order valence-electron chi connectivity index (χ1n) is 7.70. The number of hydrogen-bond donors (Lipinski definition) is 1. The molecule has 0 fully saturated rings. The Morgan fingerprint density at radius 2 is 2.15 bits per heavy atom. The van der Waals surface area contributed by atoms with Crippen LogP contribution in [0.15, 0.2) is 48.0 Å². The summed E-state index contributed by atoms with van der Waals surface area (Å²) < 4.78 is 45.4. The smallest absolute Gasteiger partial charge is 0.356 e. The van der Waals surface area contributed by atoms with Gasteiger partial charge in [0.25, 0.3) is 5.91 Å². The van der Waals surface area contributed by atoms with Crippen LogP contribution in [0.2, 0.25) is 0 Å². The van der Waals surface area contributed by atoms with E-state index in [2.05, 4.69) is 27.1 Å². The molecular formula is C17H14F3N5O2. The van der Waals surface area contributed by atoms with Gasteiger partial charge in [-0.3, -0.25) is 14.5 Å². The summed E-state index contributed by atoms with van der Waals surface area (Å²) in [5.74, 6) is -0.157. The molecule has 0 bridgehead atoms. The Bertz CT molecular complexity index is 990. The quantitative estimate of drug-likeness (QED) is 0.734. The molecule has 0 aliphatic carbocycles. The number of rotatable bonds is 5. The first-order chi connectivity index (χ1) is 12.7. The van der Waals surface area contributed by atoms with E-state index in [1.165, 1.54) is 23.1 Å². The van der Waals surface area contributed by atoms with Crippen LogP contribution in [-0.2, 0) is 12.7 Å². The summed E-state index contributed by atoms with van der Waals surface area (Å²) in [6.07, 6.45) is 0.456. The van der Waals surface area contributed by atoms with Gasteiger partial charge in [-0.25, -0.2) is 0 Å². The number of anilines is 1. The fourth-order valence-corrected chi connectivity index (χ4v) is 2.30. The summed E-state index contributed by atoms with van der Waals surface area (Å²) in [7, 11) is 0. The van der Waals surface area contributed by atoms with Crippen molar-refractivity contribution in [2.45, 2.75) is 19.6 Å². The molecule has 7 nitrogen and oxygen atoms in total.